The fraction of sp³-hybridized carbons (Fsp3) is 0.320. The van der Waals surface area contributed by atoms with Gasteiger partial charge < -0.3 is 15.4 Å². The quantitative estimate of drug-likeness (QED) is 0.428. The molecule has 1 aromatic heterocycles. The fourth-order valence-electron chi connectivity index (χ4n) is 3.92. The summed E-state index contributed by atoms with van der Waals surface area (Å²) >= 11 is 7.13. The van der Waals surface area contributed by atoms with Crippen molar-refractivity contribution in [1.82, 2.24) is 14.9 Å². The summed E-state index contributed by atoms with van der Waals surface area (Å²) in [6.07, 6.45) is 1.50. The van der Waals surface area contributed by atoms with E-state index < -0.39 is 10.0 Å². The number of carbonyl (C=O) groups is 1. The molecule has 0 bridgehead atoms. The van der Waals surface area contributed by atoms with Crippen molar-refractivity contribution in [3.63, 3.8) is 0 Å². The van der Waals surface area contributed by atoms with Crippen LogP contribution in [0.1, 0.15) is 33.6 Å². The number of piperidine rings is 1. The third kappa shape index (κ3) is 6.62. The summed E-state index contributed by atoms with van der Waals surface area (Å²) in [5.74, 6) is 0.362. The first kappa shape index (κ1) is 25.7. The summed E-state index contributed by atoms with van der Waals surface area (Å²) in [4.78, 5) is 13.2. The van der Waals surface area contributed by atoms with Crippen LogP contribution in [-0.2, 0) is 23.1 Å². The molecule has 0 radical (unpaired) electrons. The first-order chi connectivity index (χ1) is 16.8. The lowest BCUT2D eigenvalue weighted by molar-refractivity contribution is 0.0951. The van der Waals surface area contributed by atoms with Crippen LogP contribution in [0.25, 0.3) is 0 Å². The number of thiophene rings is 1. The third-order valence-corrected chi connectivity index (χ3v) is 9.65. The smallest absolute Gasteiger partial charge is 0.252 e. The monoisotopic (exact) mass is 533 g/mol. The zero-order valence-corrected chi connectivity index (χ0v) is 21.8. The van der Waals surface area contributed by atoms with Gasteiger partial charge in [0, 0.05) is 41.1 Å². The molecule has 1 saturated heterocycles. The van der Waals surface area contributed by atoms with Gasteiger partial charge in [0.15, 0.2) is 0 Å². The molecule has 35 heavy (non-hydrogen) atoms. The highest BCUT2D eigenvalue weighted by Crippen LogP contribution is 2.27. The van der Waals surface area contributed by atoms with E-state index in [9.17, 15) is 13.2 Å². The van der Waals surface area contributed by atoms with Gasteiger partial charge in [0.1, 0.15) is 9.96 Å². The normalized spacial score (nSPS) is 15.1. The lowest BCUT2D eigenvalue weighted by Gasteiger charge is -2.31. The maximum absolute atomic E-state index is 13.2. The van der Waals surface area contributed by atoms with Gasteiger partial charge in [-0.05, 0) is 60.9 Å². The van der Waals surface area contributed by atoms with Crippen LogP contribution in [0.4, 0.5) is 0 Å². The largest absolute Gasteiger partial charge is 0.497 e. The van der Waals surface area contributed by atoms with Gasteiger partial charge in [-0.2, -0.15) is 4.31 Å². The molecule has 1 amide bonds. The van der Waals surface area contributed by atoms with Gasteiger partial charge in [0.05, 0.1) is 13.7 Å². The SMILES string of the molecule is COc1cccc(C(=O)NCc2ccc(S(=O)(=O)N3CCC(NCc4ccc(Cl)cc4)CC3)s2)c1. The number of benzene rings is 2. The van der Waals surface area contributed by atoms with E-state index in [0.717, 1.165) is 29.8 Å². The molecule has 7 nitrogen and oxygen atoms in total. The van der Waals surface area contributed by atoms with Crippen molar-refractivity contribution in [2.24, 2.45) is 0 Å². The predicted molar refractivity (Wildman–Crippen MR) is 139 cm³/mol. The van der Waals surface area contributed by atoms with E-state index in [1.165, 1.54) is 11.3 Å². The van der Waals surface area contributed by atoms with Crippen LogP contribution in [0.3, 0.4) is 0 Å². The van der Waals surface area contributed by atoms with Gasteiger partial charge in [-0.25, -0.2) is 8.42 Å². The molecule has 2 heterocycles. The van der Waals surface area contributed by atoms with Gasteiger partial charge >= 0.3 is 0 Å². The molecule has 4 rings (SSSR count). The standard InChI is InChI=1S/C25H28ClN3O4S2/c1-33-22-4-2-3-19(15-22)25(30)28-17-23-9-10-24(34-23)35(31,32)29-13-11-21(12-14-29)27-16-18-5-7-20(26)8-6-18/h2-10,15,21,27H,11-14,16-17H2,1H3,(H,28,30). The molecule has 1 aliphatic heterocycles. The summed E-state index contributed by atoms with van der Waals surface area (Å²) in [7, 11) is -2.01. The van der Waals surface area contributed by atoms with E-state index >= 15 is 0 Å². The van der Waals surface area contributed by atoms with Gasteiger partial charge in [-0.3, -0.25) is 4.79 Å². The molecule has 1 aliphatic rings. The molecular formula is C25H28ClN3O4S2. The number of carbonyl (C=O) groups excluding carboxylic acids is 1. The van der Waals surface area contributed by atoms with Crippen LogP contribution < -0.4 is 15.4 Å². The van der Waals surface area contributed by atoms with E-state index in [-0.39, 0.29) is 18.5 Å². The topological polar surface area (TPSA) is 87.7 Å². The summed E-state index contributed by atoms with van der Waals surface area (Å²) in [5.41, 5.74) is 1.63. The van der Waals surface area contributed by atoms with Crippen LogP contribution in [-0.4, -0.2) is 44.9 Å². The van der Waals surface area contributed by atoms with E-state index in [0.29, 0.717) is 33.6 Å². The molecule has 0 atom stereocenters. The molecule has 10 heteroatoms. The Labute approximate surface area is 215 Å². The molecule has 0 unspecified atom stereocenters. The predicted octanol–water partition coefficient (Wildman–Crippen LogP) is 4.28. The Kier molecular flexibility index (Phi) is 8.46. The summed E-state index contributed by atoms with van der Waals surface area (Å²) in [6.45, 7) is 1.93. The molecule has 0 aliphatic carbocycles. The number of rotatable bonds is 9. The van der Waals surface area contributed by atoms with Crippen LogP contribution in [0.5, 0.6) is 5.75 Å². The van der Waals surface area contributed by atoms with E-state index in [1.54, 1.807) is 47.8 Å². The minimum absolute atomic E-state index is 0.241. The Morgan fingerprint density at radius 3 is 2.54 bits per heavy atom. The van der Waals surface area contributed by atoms with Crippen molar-refractivity contribution >= 4 is 38.9 Å². The number of hydrogen-bond acceptors (Lipinski definition) is 6. The maximum atomic E-state index is 13.2. The number of sulfonamides is 1. The van der Waals surface area contributed by atoms with E-state index in [4.69, 9.17) is 16.3 Å². The Morgan fingerprint density at radius 1 is 1.09 bits per heavy atom. The molecule has 2 N–H and O–H groups in total. The van der Waals surface area contributed by atoms with Crippen molar-refractivity contribution in [3.8, 4) is 5.75 Å². The second kappa shape index (κ2) is 11.5. The fourth-order valence-corrected chi connectivity index (χ4v) is 6.96. The first-order valence-corrected chi connectivity index (χ1v) is 14.0. The second-order valence-electron chi connectivity index (χ2n) is 8.32. The minimum atomic E-state index is -3.56. The van der Waals surface area contributed by atoms with Crippen molar-refractivity contribution in [2.75, 3.05) is 20.2 Å². The molecule has 1 fully saturated rings. The van der Waals surface area contributed by atoms with E-state index in [2.05, 4.69) is 10.6 Å². The lowest BCUT2D eigenvalue weighted by Crippen LogP contribution is -2.44. The number of nitrogens with one attached hydrogen (secondary N) is 2. The third-order valence-electron chi connectivity index (χ3n) is 5.95. The minimum Gasteiger partial charge on any atom is -0.497 e. The highest BCUT2D eigenvalue weighted by molar-refractivity contribution is 7.91. The van der Waals surface area contributed by atoms with Crippen LogP contribution in [0.2, 0.25) is 5.02 Å². The highest BCUT2D eigenvalue weighted by Gasteiger charge is 2.30. The van der Waals surface area contributed by atoms with E-state index in [1.807, 2.05) is 24.3 Å². The summed E-state index contributed by atoms with van der Waals surface area (Å²) < 4.78 is 33.3. The van der Waals surface area contributed by atoms with Crippen molar-refractivity contribution in [2.45, 2.75) is 36.2 Å². The average molecular weight is 534 g/mol. The lowest BCUT2D eigenvalue weighted by atomic mass is 10.1. The van der Waals surface area contributed by atoms with Crippen molar-refractivity contribution in [1.29, 1.82) is 0 Å². The number of halogens is 1. The van der Waals surface area contributed by atoms with Gasteiger partial charge in [-0.15, -0.1) is 11.3 Å². The van der Waals surface area contributed by atoms with Crippen LogP contribution >= 0.6 is 22.9 Å². The summed E-state index contributed by atoms with van der Waals surface area (Å²) in [6, 6.07) is 18.2. The number of hydrogen-bond donors (Lipinski definition) is 2. The molecule has 0 saturated carbocycles. The zero-order valence-electron chi connectivity index (χ0n) is 19.4. The molecule has 186 valence electrons. The van der Waals surface area contributed by atoms with Crippen molar-refractivity contribution in [3.05, 3.63) is 81.7 Å². The second-order valence-corrected chi connectivity index (χ2v) is 12.1. The molecule has 0 spiro atoms. The Bertz CT molecular complexity index is 1250. The Balaban J connectivity index is 1.28. The van der Waals surface area contributed by atoms with Crippen LogP contribution in [0, 0.1) is 0 Å². The number of amides is 1. The Hall–Kier alpha value is -2.43. The van der Waals surface area contributed by atoms with Crippen LogP contribution in [0.15, 0.2) is 64.9 Å². The molecular weight excluding hydrogens is 506 g/mol. The first-order valence-electron chi connectivity index (χ1n) is 11.3. The number of methoxy groups -OCH3 is 1. The highest BCUT2D eigenvalue weighted by atomic mass is 35.5. The molecule has 3 aromatic rings. The zero-order chi connectivity index (χ0) is 24.8. The number of nitrogens with zero attached hydrogens (tertiary/aromatic N) is 1. The van der Waals surface area contributed by atoms with Crippen molar-refractivity contribution < 1.29 is 17.9 Å². The van der Waals surface area contributed by atoms with Gasteiger partial charge in [0.25, 0.3) is 15.9 Å². The number of ether oxygens (including phenoxy) is 1. The Morgan fingerprint density at radius 2 is 1.83 bits per heavy atom. The van der Waals surface area contributed by atoms with Gasteiger partial charge in [-0.1, -0.05) is 29.8 Å². The van der Waals surface area contributed by atoms with Gasteiger partial charge in [0.2, 0.25) is 0 Å². The maximum Gasteiger partial charge on any atom is 0.252 e. The average Bonchev–Trinajstić information content (AvgIpc) is 3.37. The molecule has 2 aromatic carbocycles. The summed E-state index contributed by atoms with van der Waals surface area (Å²) in [5, 5.41) is 7.06.